The number of phenolic OH excluding ortho intramolecular Hbond substituents is 1. The summed E-state index contributed by atoms with van der Waals surface area (Å²) in [6.07, 6.45) is 0. The normalized spacial score (nSPS) is 11.1. The van der Waals surface area contributed by atoms with Crippen LogP contribution in [0.5, 0.6) is 5.75 Å². The van der Waals surface area contributed by atoms with Crippen LogP contribution in [-0.4, -0.2) is 16.7 Å². The standard InChI is InChI=1S/C18H21NO3/c1-12-14(17(21)22-18(2,3)4)10-11-15(20)16(12)19-13-8-6-5-7-9-13/h5-11,19-20H,1-4H3. The van der Waals surface area contributed by atoms with Crippen LogP contribution in [0.2, 0.25) is 0 Å². The number of benzene rings is 2. The molecule has 2 aromatic rings. The number of carbonyl (C=O) groups is 1. The molecule has 0 aliphatic rings. The molecule has 2 aromatic carbocycles. The number of esters is 1. The predicted octanol–water partition coefficient (Wildman–Crippen LogP) is 4.40. The molecule has 0 unspecified atom stereocenters. The smallest absolute Gasteiger partial charge is 0.338 e. The molecule has 0 aliphatic carbocycles. The summed E-state index contributed by atoms with van der Waals surface area (Å²) < 4.78 is 5.40. The van der Waals surface area contributed by atoms with Gasteiger partial charge >= 0.3 is 5.97 Å². The topological polar surface area (TPSA) is 58.6 Å². The molecule has 22 heavy (non-hydrogen) atoms. The lowest BCUT2D eigenvalue weighted by atomic mass is 10.0. The maximum absolute atomic E-state index is 12.3. The van der Waals surface area contributed by atoms with Gasteiger partial charge in [-0.25, -0.2) is 4.79 Å². The summed E-state index contributed by atoms with van der Waals surface area (Å²) in [5.41, 5.74) is 1.87. The first-order valence-corrected chi connectivity index (χ1v) is 7.16. The third-order valence-electron chi connectivity index (χ3n) is 3.10. The number of anilines is 2. The quantitative estimate of drug-likeness (QED) is 0.651. The molecular formula is C18H21NO3. The van der Waals surface area contributed by atoms with Crippen molar-refractivity contribution in [2.75, 3.05) is 5.32 Å². The molecular weight excluding hydrogens is 278 g/mol. The summed E-state index contributed by atoms with van der Waals surface area (Å²) in [5, 5.41) is 13.2. The van der Waals surface area contributed by atoms with Gasteiger partial charge in [-0.2, -0.15) is 0 Å². The van der Waals surface area contributed by atoms with Crippen LogP contribution in [0.1, 0.15) is 36.7 Å². The minimum atomic E-state index is -0.561. The highest BCUT2D eigenvalue weighted by Crippen LogP contribution is 2.33. The van der Waals surface area contributed by atoms with Crippen LogP contribution in [0.3, 0.4) is 0 Å². The maximum atomic E-state index is 12.3. The second-order valence-corrected chi connectivity index (χ2v) is 6.13. The lowest BCUT2D eigenvalue weighted by molar-refractivity contribution is 0.00688. The molecule has 2 rings (SSSR count). The monoisotopic (exact) mass is 299 g/mol. The Bertz CT molecular complexity index is 673. The lowest BCUT2D eigenvalue weighted by Gasteiger charge is -2.21. The molecule has 0 heterocycles. The first-order valence-electron chi connectivity index (χ1n) is 7.16. The van der Waals surface area contributed by atoms with E-state index in [4.69, 9.17) is 4.74 Å². The first kappa shape index (κ1) is 15.9. The van der Waals surface area contributed by atoms with E-state index in [0.717, 1.165) is 5.69 Å². The van der Waals surface area contributed by atoms with Gasteiger partial charge in [0, 0.05) is 5.69 Å². The first-order chi connectivity index (χ1) is 10.3. The third kappa shape index (κ3) is 3.79. The Morgan fingerprint density at radius 1 is 1.09 bits per heavy atom. The van der Waals surface area contributed by atoms with Gasteiger partial charge in [-0.15, -0.1) is 0 Å². The summed E-state index contributed by atoms with van der Waals surface area (Å²) in [6.45, 7) is 7.25. The zero-order valence-corrected chi connectivity index (χ0v) is 13.3. The van der Waals surface area contributed by atoms with Crippen molar-refractivity contribution < 1.29 is 14.6 Å². The zero-order chi connectivity index (χ0) is 16.3. The highest BCUT2D eigenvalue weighted by Gasteiger charge is 2.21. The molecule has 4 nitrogen and oxygen atoms in total. The van der Waals surface area contributed by atoms with E-state index >= 15 is 0 Å². The SMILES string of the molecule is Cc1c(C(=O)OC(C)(C)C)ccc(O)c1Nc1ccccc1. The Morgan fingerprint density at radius 3 is 2.32 bits per heavy atom. The lowest BCUT2D eigenvalue weighted by Crippen LogP contribution is -2.24. The molecule has 4 heteroatoms. The van der Waals surface area contributed by atoms with E-state index in [-0.39, 0.29) is 5.75 Å². The third-order valence-corrected chi connectivity index (χ3v) is 3.10. The van der Waals surface area contributed by atoms with Crippen LogP contribution in [0.4, 0.5) is 11.4 Å². The summed E-state index contributed by atoms with van der Waals surface area (Å²) in [6, 6.07) is 12.6. The van der Waals surface area contributed by atoms with Crippen LogP contribution in [0, 0.1) is 6.92 Å². The molecule has 0 saturated carbocycles. The number of nitrogens with one attached hydrogen (secondary N) is 1. The highest BCUT2D eigenvalue weighted by atomic mass is 16.6. The number of para-hydroxylation sites is 1. The Balaban J connectivity index is 2.35. The van der Waals surface area contributed by atoms with Gasteiger partial charge in [-0.05, 0) is 57.5 Å². The van der Waals surface area contributed by atoms with Crippen LogP contribution in [0.15, 0.2) is 42.5 Å². The summed E-state index contributed by atoms with van der Waals surface area (Å²) in [5.74, 6) is -0.310. The van der Waals surface area contributed by atoms with Crippen molar-refractivity contribution in [1.29, 1.82) is 0 Å². The number of aromatic hydroxyl groups is 1. The summed E-state index contributed by atoms with van der Waals surface area (Å²) >= 11 is 0. The molecule has 0 amide bonds. The molecule has 0 bridgehead atoms. The van der Waals surface area contributed by atoms with Crippen molar-refractivity contribution in [3.05, 3.63) is 53.6 Å². The van der Waals surface area contributed by atoms with E-state index < -0.39 is 11.6 Å². The van der Waals surface area contributed by atoms with Gasteiger partial charge < -0.3 is 15.2 Å². The number of rotatable bonds is 3. The van der Waals surface area contributed by atoms with Crippen molar-refractivity contribution >= 4 is 17.3 Å². The fourth-order valence-corrected chi connectivity index (χ4v) is 2.08. The molecule has 116 valence electrons. The Kier molecular flexibility index (Phi) is 4.40. The van der Waals surface area contributed by atoms with Gasteiger partial charge in [-0.3, -0.25) is 0 Å². The number of hydrogen-bond acceptors (Lipinski definition) is 4. The van der Waals surface area contributed by atoms with Crippen molar-refractivity contribution in [2.24, 2.45) is 0 Å². The molecule has 0 radical (unpaired) electrons. The summed E-state index contributed by atoms with van der Waals surface area (Å²) in [7, 11) is 0. The average molecular weight is 299 g/mol. The second-order valence-electron chi connectivity index (χ2n) is 6.13. The molecule has 0 aromatic heterocycles. The number of carbonyl (C=O) groups excluding carboxylic acids is 1. The molecule has 2 N–H and O–H groups in total. The van der Waals surface area contributed by atoms with E-state index in [1.165, 1.54) is 6.07 Å². The predicted molar refractivity (Wildman–Crippen MR) is 87.7 cm³/mol. The minimum absolute atomic E-state index is 0.0914. The van der Waals surface area contributed by atoms with Crippen LogP contribution in [-0.2, 0) is 4.74 Å². The van der Waals surface area contributed by atoms with Crippen molar-refractivity contribution in [1.82, 2.24) is 0 Å². The van der Waals surface area contributed by atoms with E-state index in [0.29, 0.717) is 16.8 Å². The Morgan fingerprint density at radius 2 is 1.73 bits per heavy atom. The highest BCUT2D eigenvalue weighted by molar-refractivity contribution is 5.94. The fourth-order valence-electron chi connectivity index (χ4n) is 2.08. The average Bonchev–Trinajstić information content (AvgIpc) is 2.42. The molecule has 0 atom stereocenters. The van der Waals surface area contributed by atoms with Crippen LogP contribution in [0.25, 0.3) is 0 Å². The van der Waals surface area contributed by atoms with E-state index in [1.54, 1.807) is 13.0 Å². The number of phenols is 1. The van der Waals surface area contributed by atoms with Crippen LogP contribution < -0.4 is 5.32 Å². The van der Waals surface area contributed by atoms with Gasteiger partial charge in [0.05, 0.1) is 11.3 Å². The number of hydrogen-bond donors (Lipinski definition) is 2. The van der Waals surface area contributed by atoms with Crippen molar-refractivity contribution in [3.63, 3.8) is 0 Å². The maximum Gasteiger partial charge on any atom is 0.338 e. The molecule has 0 aliphatic heterocycles. The molecule has 0 fully saturated rings. The second kappa shape index (κ2) is 6.10. The van der Waals surface area contributed by atoms with Gasteiger partial charge in [0.25, 0.3) is 0 Å². The fraction of sp³-hybridized carbons (Fsp3) is 0.278. The number of ether oxygens (including phenoxy) is 1. The molecule has 0 saturated heterocycles. The van der Waals surface area contributed by atoms with E-state index in [2.05, 4.69) is 5.32 Å². The van der Waals surface area contributed by atoms with Gasteiger partial charge in [0.2, 0.25) is 0 Å². The van der Waals surface area contributed by atoms with E-state index in [9.17, 15) is 9.90 Å². The van der Waals surface area contributed by atoms with Gasteiger partial charge in [0.1, 0.15) is 11.4 Å². The van der Waals surface area contributed by atoms with Crippen LogP contribution >= 0.6 is 0 Å². The van der Waals surface area contributed by atoms with Gasteiger partial charge in [0.15, 0.2) is 0 Å². The van der Waals surface area contributed by atoms with Crippen molar-refractivity contribution in [3.8, 4) is 5.75 Å². The van der Waals surface area contributed by atoms with Crippen molar-refractivity contribution in [2.45, 2.75) is 33.3 Å². The minimum Gasteiger partial charge on any atom is -0.506 e. The van der Waals surface area contributed by atoms with Gasteiger partial charge in [-0.1, -0.05) is 18.2 Å². The largest absolute Gasteiger partial charge is 0.506 e. The Hall–Kier alpha value is -2.49. The molecule has 0 spiro atoms. The zero-order valence-electron chi connectivity index (χ0n) is 13.3. The Labute approximate surface area is 130 Å². The van der Waals surface area contributed by atoms with E-state index in [1.807, 2.05) is 51.1 Å². The summed E-state index contributed by atoms with van der Waals surface area (Å²) in [4.78, 5) is 12.3.